The SMILES string of the molecule is CCCCCCCCC/C=C\CCCCCCCCCCCCC(CCC)([P+](=O)[O-])[N+](C)(C)C. The van der Waals surface area contributed by atoms with Gasteiger partial charge >= 0.3 is 8.03 Å². The summed E-state index contributed by atoms with van der Waals surface area (Å²) in [5.74, 6) is 0. The summed E-state index contributed by atoms with van der Waals surface area (Å²) in [6.07, 6.45) is 32.6. The van der Waals surface area contributed by atoms with Crippen LogP contribution in [0, 0.1) is 0 Å². The van der Waals surface area contributed by atoms with Gasteiger partial charge in [-0.1, -0.05) is 120 Å². The number of hydrogen-bond acceptors (Lipinski definition) is 2. The molecule has 3 nitrogen and oxygen atoms in total. The first-order chi connectivity index (χ1) is 16.3. The molecular formula is C30H61NO2P+. The van der Waals surface area contributed by atoms with Gasteiger partial charge in [0.05, 0.1) is 21.1 Å². The lowest BCUT2D eigenvalue weighted by atomic mass is 9.99. The highest BCUT2D eigenvalue weighted by molar-refractivity contribution is 7.38. The van der Waals surface area contributed by atoms with E-state index in [-0.39, 0.29) is 0 Å². The first kappa shape index (κ1) is 33.8. The molecule has 0 N–H and O–H groups in total. The summed E-state index contributed by atoms with van der Waals surface area (Å²) >= 11 is 0. The van der Waals surface area contributed by atoms with E-state index >= 15 is 0 Å². The largest absolute Gasteiger partial charge is 0.590 e. The van der Waals surface area contributed by atoms with Crippen LogP contribution in [-0.2, 0) is 4.57 Å². The molecule has 0 aliphatic heterocycles. The van der Waals surface area contributed by atoms with Crippen LogP contribution in [0.4, 0.5) is 0 Å². The third-order valence-electron chi connectivity index (χ3n) is 7.58. The molecule has 202 valence electrons. The fourth-order valence-electron chi connectivity index (χ4n) is 5.16. The van der Waals surface area contributed by atoms with Crippen LogP contribution in [0.15, 0.2) is 12.2 Å². The minimum absolute atomic E-state index is 0.522. The first-order valence-electron chi connectivity index (χ1n) is 14.9. The molecule has 2 atom stereocenters. The van der Waals surface area contributed by atoms with Gasteiger partial charge in [0.25, 0.3) is 5.28 Å². The second-order valence-corrected chi connectivity index (χ2v) is 12.8. The molecule has 0 saturated carbocycles. The molecule has 4 heteroatoms. The predicted molar refractivity (Wildman–Crippen MR) is 150 cm³/mol. The van der Waals surface area contributed by atoms with Crippen LogP contribution in [0.25, 0.3) is 0 Å². The molecule has 0 radical (unpaired) electrons. The average Bonchev–Trinajstić information content (AvgIpc) is 2.78. The van der Waals surface area contributed by atoms with Gasteiger partial charge in [0.1, 0.15) is 0 Å². The quantitative estimate of drug-likeness (QED) is 0.0544. The topological polar surface area (TPSA) is 40.1 Å². The zero-order valence-electron chi connectivity index (χ0n) is 23.9. The van der Waals surface area contributed by atoms with Crippen LogP contribution in [-0.4, -0.2) is 30.9 Å². The number of allylic oxidation sites excluding steroid dienone is 2. The second kappa shape index (κ2) is 22.0. The summed E-state index contributed by atoms with van der Waals surface area (Å²) in [6, 6.07) is 0. The van der Waals surface area contributed by atoms with Gasteiger partial charge in [-0.2, -0.15) is 0 Å². The van der Waals surface area contributed by atoms with Crippen molar-refractivity contribution >= 4 is 8.03 Å². The molecule has 0 spiro atoms. The van der Waals surface area contributed by atoms with Crippen LogP contribution >= 0.6 is 8.03 Å². The maximum atomic E-state index is 12.1. The van der Waals surface area contributed by atoms with Crippen LogP contribution in [0.1, 0.15) is 155 Å². The molecular weight excluding hydrogens is 437 g/mol. The fraction of sp³-hybridized carbons (Fsp3) is 0.933. The van der Waals surface area contributed by atoms with Crippen molar-refractivity contribution in [3.8, 4) is 0 Å². The van der Waals surface area contributed by atoms with Crippen molar-refractivity contribution in [2.45, 2.75) is 160 Å². The highest BCUT2D eigenvalue weighted by atomic mass is 31.1. The molecule has 0 aliphatic carbocycles. The number of rotatable bonds is 25. The molecule has 0 aliphatic rings. The number of hydrogen-bond donors (Lipinski definition) is 0. The van der Waals surface area contributed by atoms with Gasteiger partial charge in [-0.25, -0.2) is 0 Å². The minimum atomic E-state index is -2.42. The lowest BCUT2D eigenvalue weighted by Gasteiger charge is -2.39. The number of quaternary nitrogens is 1. The molecule has 0 amide bonds. The highest BCUT2D eigenvalue weighted by Crippen LogP contribution is 2.45. The highest BCUT2D eigenvalue weighted by Gasteiger charge is 2.53. The van der Waals surface area contributed by atoms with Gasteiger partial charge in [-0.15, -0.1) is 0 Å². The predicted octanol–water partition coefficient (Wildman–Crippen LogP) is 9.67. The van der Waals surface area contributed by atoms with Crippen molar-refractivity contribution in [2.75, 3.05) is 21.1 Å². The Labute approximate surface area is 215 Å². The van der Waals surface area contributed by atoms with Gasteiger partial charge in [-0.3, -0.25) is 4.48 Å². The minimum Gasteiger partial charge on any atom is -0.590 e. The molecule has 34 heavy (non-hydrogen) atoms. The van der Waals surface area contributed by atoms with E-state index < -0.39 is 13.3 Å². The Morgan fingerprint density at radius 2 is 0.971 bits per heavy atom. The van der Waals surface area contributed by atoms with Crippen LogP contribution in [0.2, 0.25) is 0 Å². The standard InChI is InChI=1S/C30H61NO2P/c1-6-8-9-10-11-12-13-14-15-16-17-18-19-20-21-22-23-24-25-26-27-29-30(28-7-2,34(32)33)31(3,4)5/h15-16H,6-14,17-29H2,1-5H3/q+1/b16-15-. The Morgan fingerprint density at radius 3 is 1.32 bits per heavy atom. The molecule has 0 aromatic rings. The molecule has 0 bridgehead atoms. The average molecular weight is 499 g/mol. The van der Waals surface area contributed by atoms with E-state index in [4.69, 9.17) is 0 Å². The van der Waals surface area contributed by atoms with E-state index in [0.717, 1.165) is 25.7 Å². The van der Waals surface area contributed by atoms with Crippen molar-refractivity contribution in [1.82, 2.24) is 0 Å². The molecule has 0 aromatic heterocycles. The van der Waals surface area contributed by atoms with Gasteiger partial charge in [-0.05, 0) is 38.5 Å². The van der Waals surface area contributed by atoms with Crippen molar-refractivity contribution in [2.24, 2.45) is 0 Å². The molecule has 0 fully saturated rings. The van der Waals surface area contributed by atoms with E-state index in [0.29, 0.717) is 4.48 Å². The van der Waals surface area contributed by atoms with E-state index in [1.54, 1.807) is 0 Å². The Bertz CT molecular complexity index is 501. The molecule has 0 rings (SSSR count). The van der Waals surface area contributed by atoms with Gasteiger partial charge < -0.3 is 4.89 Å². The van der Waals surface area contributed by atoms with Crippen LogP contribution < -0.4 is 4.89 Å². The lowest BCUT2D eigenvalue weighted by Crippen LogP contribution is -2.55. The number of unbranched alkanes of at least 4 members (excludes halogenated alkanes) is 17. The smallest absolute Gasteiger partial charge is 0.376 e. The Balaban J connectivity index is 3.56. The molecule has 0 saturated heterocycles. The van der Waals surface area contributed by atoms with E-state index in [1.807, 2.05) is 21.1 Å². The van der Waals surface area contributed by atoms with E-state index in [9.17, 15) is 9.46 Å². The molecule has 0 heterocycles. The zero-order valence-corrected chi connectivity index (χ0v) is 24.8. The maximum Gasteiger partial charge on any atom is 0.376 e. The summed E-state index contributed by atoms with van der Waals surface area (Å²) in [6.45, 7) is 4.38. The Kier molecular flexibility index (Phi) is 21.8. The van der Waals surface area contributed by atoms with Crippen molar-refractivity contribution in [1.29, 1.82) is 0 Å². The third-order valence-corrected chi connectivity index (χ3v) is 9.30. The molecule has 0 aromatic carbocycles. The summed E-state index contributed by atoms with van der Waals surface area (Å²) in [5.41, 5.74) is 0. The summed E-state index contributed by atoms with van der Waals surface area (Å²) in [7, 11) is 3.69. The summed E-state index contributed by atoms with van der Waals surface area (Å²) in [5, 5.41) is -0.590. The first-order valence-corrected chi connectivity index (χ1v) is 16.1. The zero-order chi connectivity index (χ0) is 25.5. The van der Waals surface area contributed by atoms with Gasteiger partial charge in [0.15, 0.2) is 0 Å². The fourth-order valence-corrected chi connectivity index (χ4v) is 6.40. The van der Waals surface area contributed by atoms with E-state index in [1.165, 1.54) is 116 Å². The number of nitrogens with zero attached hydrogens (tertiary/aromatic N) is 1. The molecule has 2 unspecified atom stereocenters. The van der Waals surface area contributed by atoms with Crippen LogP contribution in [0.5, 0.6) is 0 Å². The van der Waals surface area contributed by atoms with Crippen molar-refractivity contribution in [3.63, 3.8) is 0 Å². The van der Waals surface area contributed by atoms with Crippen molar-refractivity contribution in [3.05, 3.63) is 12.2 Å². The Morgan fingerprint density at radius 1 is 0.588 bits per heavy atom. The maximum absolute atomic E-state index is 12.1. The second-order valence-electron chi connectivity index (χ2n) is 11.5. The monoisotopic (exact) mass is 498 g/mol. The van der Waals surface area contributed by atoms with Crippen molar-refractivity contribution < 1.29 is 13.9 Å². The Hall–Kier alpha value is -0.240. The van der Waals surface area contributed by atoms with Gasteiger partial charge in [0, 0.05) is 12.8 Å². The third kappa shape index (κ3) is 16.4. The normalized spacial score (nSPS) is 14.6. The van der Waals surface area contributed by atoms with Gasteiger partial charge in [0.2, 0.25) is 0 Å². The van der Waals surface area contributed by atoms with Crippen LogP contribution in [0.3, 0.4) is 0 Å². The summed E-state index contributed by atoms with van der Waals surface area (Å²) in [4.78, 5) is 12.1. The lowest BCUT2D eigenvalue weighted by molar-refractivity contribution is -0.910. The van der Waals surface area contributed by atoms with E-state index in [2.05, 4.69) is 26.0 Å². The summed E-state index contributed by atoms with van der Waals surface area (Å²) < 4.78 is 12.6.